The van der Waals surface area contributed by atoms with Gasteiger partial charge in [-0.1, -0.05) is 35.9 Å². The van der Waals surface area contributed by atoms with Crippen molar-refractivity contribution in [2.75, 3.05) is 5.73 Å². The van der Waals surface area contributed by atoms with Gasteiger partial charge in [0, 0.05) is 5.69 Å². The van der Waals surface area contributed by atoms with Gasteiger partial charge in [-0.2, -0.15) is 0 Å². The molecule has 0 bridgehead atoms. The van der Waals surface area contributed by atoms with Gasteiger partial charge in [0.15, 0.2) is 0 Å². The van der Waals surface area contributed by atoms with Crippen molar-refractivity contribution in [2.24, 2.45) is 0 Å². The summed E-state index contributed by atoms with van der Waals surface area (Å²) in [6, 6.07) is 12.8. The van der Waals surface area contributed by atoms with Crippen LogP contribution in [0.2, 0.25) is 0 Å². The van der Waals surface area contributed by atoms with Gasteiger partial charge in [0.25, 0.3) is 0 Å². The van der Waals surface area contributed by atoms with Gasteiger partial charge < -0.3 is 5.73 Å². The van der Waals surface area contributed by atoms with Gasteiger partial charge in [0.05, 0.1) is 0 Å². The van der Waals surface area contributed by atoms with E-state index in [-0.39, 0.29) is 0 Å². The molecular formula is C16H15N. The molecule has 2 N–H and O–H groups in total. The second kappa shape index (κ2) is 3.49. The Kier molecular flexibility index (Phi) is 2.08. The van der Waals surface area contributed by atoms with Crippen LogP contribution >= 0.6 is 0 Å². The second-order valence-corrected chi connectivity index (χ2v) is 4.56. The Morgan fingerprint density at radius 1 is 0.882 bits per heavy atom. The molecule has 1 heteroatoms. The molecule has 1 aliphatic carbocycles. The minimum absolute atomic E-state index is 0.827. The molecule has 0 unspecified atom stereocenters. The lowest BCUT2D eigenvalue weighted by Crippen LogP contribution is -1.86. The Hall–Kier alpha value is -2.02. The molecule has 0 fully saturated rings. The zero-order chi connectivity index (χ0) is 12.0. The van der Waals surface area contributed by atoms with Gasteiger partial charge in [0.2, 0.25) is 0 Å². The highest BCUT2D eigenvalue weighted by Crippen LogP contribution is 2.44. The number of aryl methyl sites for hydroxylation is 1. The highest BCUT2D eigenvalue weighted by molar-refractivity contribution is 6.01. The van der Waals surface area contributed by atoms with Crippen molar-refractivity contribution in [1.82, 2.24) is 0 Å². The van der Waals surface area contributed by atoms with E-state index < -0.39 is 0 Å². The quantitative estimate of drug-likeness (QED) is 0.570. The van der Waals surface area contributed by atoms with E-state index in [4.69, 9.17) is 5.73 Å². The van der Waals surface area contributed by atoms with E-state index in [1.165, 1.54) is 33.4 Å². The van der Waals surface area contributed by atoms with Gasteiger partial charge in [-0.15, -0.1) is 0 Å². The standard InChI is InChI=1S/C16H15N/c1-3-12-15-8-10(2)4-6-13(15)14-7-5-11(17)9-16(12)14/h3-9H,17H2,1-2H3/b12-3-. The third-order valence-corrected chi connectivity index (χ3v) is 3.38. The summed E-state index contributed by atoms with van der Waals surface area (Å²) in [5.41, 5.74) is 14.5. The molecule has 0 saturated heterocycles. The Morgan fingerprint density at radius 2 is 1.53 bits per heavy atom. The van der Waals surface area contributed by atoms with Crippen molar-refractivity contribution in [3.63, 3.8) is 0 Å². The molecule has 1 aliphatic rings. The first-order valence-electron chi connectivity index (χ1n) is 5.88. The van der Waals surface area contributed by atoms with Crippen molar-refractivity contribution < 1.29 is 0 Å². The highest BCUT2D eigenvalue weighted by Gasteiger charge is 2.22. The van der Waals surface area contributed by atoms with Crippen LogP contribution in [-0.4, -0.2) is 0 Å². The predicted molar refractivity (Wildman–Crippen MR) is 73.8 cm³/mol. The molecule has 0 amide bonds. The SMILES string of the molecule is C/C=C1/c2cc(C)ccc2-c2ccc(N)cc21. The van der Waals surface area contributed by atoms with E-state index in [1.807, 2.05) is 6.07 Å². The first kappa shape index (κ1) is 10.2. The normalized spacial score (nSPS) is 14.8. The maximum Gasteiger partial charge on any atom is 0.0320 e. The van der Waals surface area contributed by atoms with Crippen molar-refractivity contribution in [3.05, 3.63) is 59.2 Å². The predicted octanol–water partition coefficient (Wildman–Crippen LogP) is 4.01. The second-order valence-electron chi connectivity index (χ2n) is 4.56. The number of hydrogen-bond donors (Lipinski definition) is 1. The number of nitrogens with two attached hydrogens (primary N) is 1. The summed E-state index contributed by atoms with van der Waals surface area (Å²) < 4.78 is 0. The van der Waals surface area contributed by atoms with Crippen molar-refractivity contribution in [3.8, 4) is 11.1 Å². The van der Waals surface area contributed by atoms with E-state index in [9.17, 15) is 0 Å². The van der Waals surface area contributed by atoms with Crippen LogP contribution in [0, 0.1) is 6.92 Å². The molecular weight excluding hydrogens is 206 g/mol. The van der Waals surface area contributed by atoms with Crippen LogP contribution in [0.15, 0.2) is 42.5 Å². The average molecular weight is 221 g/mol. The minimum Gasteiger partial charge on any atom is -0.399 e. The molecule has 0 heterocycles. The maximum atomic E-state index is 5.89. The third kappa shape index (κ3) is 1.39. The number of nitrogen functional groups attached to an aromatic ring is 1. The summed E-state index contributed by atoms with van der Waals surface area (Å²) in [6.45, 7) is 4.21. The number of rotatable bonds is 0. The van der Waals surface area contributed by atoms with Crippen LogP contribution in [0.1, 0.15) is 23.6 Å². The van der Waals surface area contributed by atoms with Gasteiger partial charge in [-0.25, -0.2) is 0 Å². The van der Waals surface area contributed by atoms with Crippen LogP contribution in [0.4, 0.5) is 5.69 Å². The highest BCUT2D eigenvalue weighted by atomic mass is 14.5. The van der Waals surface area contributed by atoms with Crippen LogP contribution < -0.4 is 5.73 Å². The van der Waals surface area contributed by atoms with Gasteiger partial charge >= 0.3 is 0 Å². The first-order valence-corrected chi connectivity index (χ1v) is 5.88. The summed E-state index contributed by atoms with van der Waals surface area (Å²) in [5, 5.41) is 0. The number of hydrogen-bond acceptors (Lipinski definition) is 1. The van der Waals surface area contributed by atoms with Crippen molar-refractivity contribution in [1.29, 1.82) is 0 Å². The fraction of sp³-hybridized carbons (Fsp3) is 0.125. The zero-order valence-corrected chi connectivity index (χ0v) is 10.1. The van der Waals surface area contributed by atoms with E-state index >= 15 is 0 Å². The fourth-order valence-electron chi connectivity index (χ4n) is 2.59. The summed E-state index contributed by atoms with van der Waals surface area (Å²) >= 11 is 0. The van der Waals surface area contributed by atoms with E-state index in [1.54, 1.807) is 0 Å². The molecule has 0 aromatic heterocycles. The lowest BCUT2D eigenvalue weighted by Gasteiger charge is -2.02. The number of fused-ring (bicyclic) bond motifs is 3. The molecule has 0 aliphatic heterocycles. The van der Waals surface area contributed by atoms with Crippen LogP contribution in [0.3, 0.4) is 0 Å². The Labute approximate surface area is 102 Å². The lowest BCUT2D eigenvalue weighted by molar-refractivity contribution is 1.46. The number of benzene rings is 2. The zero-order valence-electron chi connectivity index (χ0n) is 10.1. The van der Waals surface area contributed by atoms with Gasteiger partial charge in [0.1, 0.15) is 0 Å². The first-order chi connectivity index (χ1) is 8.20. The van der Waals surface area contributed by atoms with Crippen LogP contribution in [-0.2, 0) is 0 Å². The molecule has 1 nitrogen and oxygen atoms in total. The van der Waals surface area contributed by atoms with E-state index in [2.05, 4.69) is 50.3 Å². The van der Waals surface area contributed by atoms with Gasteiger partial charge in [-0.05, 0) is 53.8 Å². The molecule has 0 atom stereocenters. The largest absolute Gasteiger partial charge is 0.399 e. The molecule has 0 radical (unpaired) electrons. The lowest BCUT2D eigenvalue weighted by atomic mass is 10.0. The van der Waals surface area contributed by atoms with Crippen LogP contribution in [0.5, 0.6) is 0 Å². The summed E-state index contributed by atoms with van der Waals surface area (Å²) in [5.74, 6) is 0. The third-order valence-electron chi connectivity index (χ3n) is 3.38. The smallest absolute Gasteiger partial charge is 0.0320 e. The van der Waals surface area contributed by atoms with Gasteiger partial charge in [-0.3, -0.25) is 0 Å². The van der Waals surface area contributed by atoms with E-state index in [0.29, 0.717) is 0 Å². The monoisotopic (exact) mass is 221 g/mol. The van der Waals surface area contributed by atoms with Crippen molar-refractivity contribution >= 4 is 11.3 Å². The Balaban J connectivity index is 2.37. The molecule has 17 heavy (non-hydrogen) atoms. The Bertz CT molecular complexity index is 582. The van der Waals surface area contributed by atoms with Crippen LogP contribution in [0.25, 0.3) is 16.7 Å². The molecule has 0 spiro atoms. The average Bonchev–Trinajstić information content (AvgIpc) is 2.60. The number of anilines is 1. The maximum absolute atomic E-state index is 5.89. The summed E-state index contributed by atoms with van der Waals surface area (Å²) in [7, 11) is 0. The summed E-state index contributed by atoms with van der Waals surface area (Å²) in [6.07, 6.45) is 2.17. The topological polar surface area (TPSA) is 26.0 Å². The minimum atomic E-state index is 0.827. The molecule has 3 rings (SSSR count). The fourth-order valence-corrected chi connectivity index (χ4v) is 2.59. The molecule has 2 aromatic carbocycles. The Morgan fingerprint density at radius 3 is 2.24 bits per heavy atom. The number of allylic oxidation sites excluding steroid dienone is 1. The van der Waals surface area contributed by atoms with Crippen molar-refractivity contribution in [2.45, 2.75) is 13.8 Å². The molecule has 84 valence electrons. The van der Waals surface area contributed by atoms with E-state index in [0.717, 1.165) is 5.69 Å². The molecule has 2 aromatic rings. The summed E-state index contributed by atoms with van der Waals surface area (Å²) in [4.78, 5) is 0. The molecule has 0 saturated carbocycles.